The number of carbonyl (C=O) groups excluding carboxylic acids is 2. The van der Waals surface area contributed by atoms with Gasteiger partial charge in [0.1, 0.15) is 5.75 Å². The molecule has 2 amide bonds. The number of fused-ring (bicyclic) bond motifs is 1. The van der Waals surface area contributed by atoms with Crippen LogP contribution in [0.25, 0.3) is 0 Å². The van der Waals surface area contributed by atoms with Crippen LogP contribution in [0, 0.1) is 11.8 Å². The molecule has 2 fully saturated rings. The fourth-order valence-electron chi connectivity index (χ4n) is 3.02. The molecular weight excluding hydrogens is 230 g/mol. The molecule has 1 N–H and O–H groups in total. The van der Waals surface area contributed by atoms with Gasteiger partial charge in [0.15, 0.2) is 0 Å². The maximum Gasteiger partial charge on any atom is 0.237 e. The van der Waals surface area contributed by atoms with Crippen LogP contribution >= 0.6 is 0 Å². The second-order valence-corrected chi connectivity index (χ2v) is 5.03. The average molecular weight is 245 g/mol. The van der Waals surface area contributed by atoms with Crippen molar-refractivity contribution in [1.82, 2.24) is 0 Å². The Balaban J connectivity index is 1.95. The van der Waals surface area contributed by atoms with E-state index in [1.165, 1.54) is 17.0 Å². The molecule has 1 aliphatic heterocycles. The molecule has 2 atom stereocenters. The van der Waals surface area contributed by atoms with Gasteiger partial charge >= 0.3 is 0 Å². The first-order valence-corrected chi connectivity index (χ1v) is 6.35. The number of amides is 2. The zero-order valence-electron chi connectivity index (χ0n) is 10.0. The standard InChI is InChI=1S/C14H15NO3/c16-10-7-5-9(6-8-10)15-13(17)11-3-1-2-4-12(11)14(15)18/h5-8,11-12,16H,1-4H2/t11-,12-/m1/s1. The lowest BCUT2D eigenvalue weighted by molar-refractivity contribution is -0.122. The first-order chi connectivity index (χ1) is 8.68. The van der Waals surface area contributed by atoms with Crippen molar-refractivity contribution in [2.24, 2.45) is 11.8 Å². The molecule has 0 radical (unpaired) electrons. The second kappa shape index (κ2) is 4.12. The lowest BCUT2D eigenvalue weighted by atomic mass is 9.81. The van der Waals surface area contributed by atoms with Gasteiger partial charge < -0.3 is 5.11 Å². The van der Waals surface area contributed by atoms with Crippen molar-refractivity contribution in [3.8, 4) is 5.75 Å². The molecule has 1 aromatic rings. The van der Waals surface area contributed by atoms with Crippen LogP contribution in [-0.4, -0.2) is 16.9 Å². The summed E-state index contributed by atoms with van der Waals surface area (Å²) in [6, 6.07) is 6.22. The number of phenolic OH excluding ortho intramolecular Hbond substituents is 1. The lowest BCUT2D eigenvalue weighted by Gasteiger charge is -2.19. The van der Waals surface area contributed by atoms with E-state index in [0.29, 0.717) is 5.69 Å². The summed E-state index contributed by atoms with van der Waals surface area (Å²) in [6.45, 7) is 0. The van der Waals surface area contributed by atoms with E-state index < -0.39 is 0 Å². The Morgan fingerprint density at radius 2 is 1.44 bits per heavy atom. The van der Waals surface area contributed by atoms with Crippen molar-refractivity contribution in [2.75, 3.05) is 4.90 Å². The van der Waals surface area contributed by atoms with Gasteiger partial charge in [-0.2, -0.15) is 0 Å². The quantitative estimate of drug-likeness (QED) is 0.770. The first-order valence-electron chi connectivity index (χ1n) is 6.35. The smallest absolute Gasteiger partial charge is 0.237 e. The highest BCUT2D eigenvalue weighted by atomic mass is 16.3. The van der Waals surface area contributed by atoms with E-state index >= 15 is 0 Å². The molecule has 1 heterocycles. The number of carbonyl (C=O) groups is 2. The molecule has 4 nitrogen and oxygen atoms in total. The summed E-state index contributed by atoms with van der Waals surface area (Å²) in [5.74, 6) is -0.263. The van der Waals surface area contributed by atoms with Gasteiger partial charge in [-0.1, -0.05) is 12.8 Å². The van der Waals surface area contributed by atoms with E-state index in [1.54, 1.807) is 12.1 Å². The van der Waals surface area contributed by atoms with Gasteiger partial charge in [-0.3, -0.25) is 14.5 Å². The van der Waals surface area contributed by atoms with Gasteiger partial charge in [-0.15, -0.1) is 0 Å². The summed E-state index contributed by atoms with van der Waals surface area (Å²) in [5.41, 5.74) is 0.567. The van der Waals surface area contributed by atoms with Crippen molar-refractivity contribution >= 4 is 17.5 Å². The molecule has 18 heavy (non-hydrogen) atoms. The normalized spacial score (nSPS) is 27.4. The summed E-state index contributed by atoms with van der Waals surface area (Å²) < 4.78 is 0. The highest BCUT2D eigenvalue weighted by molar-refractivity contribution is 6.22. The van der Waals surface area contributed by atoms with Crippen LogP contribution in [0.1, 0.15) is 25.7 Å². The van der Waals surface area contributed by atoms with Gasteiger partial charge in [-0.05, 0) is 37.1 Å². The fourth-order valence-corrected chi connectivity index (χ4v) is 3.02. The predicted molar refractivity (Wildman–Crippen MR) is 66.0 cm³/mol. The highest BCUT2D eigenvalue weighted by Gasteiger charge is 2.48. The molecule has 94 valence electrons. The maximum atomic E-state index is 12.3. The van der Waals surface area contributed by atoms with E-state index in [-0.39, 0.29) is 29.4 Å². The summed E-state index contributed by atoms with van der Waals surface area (Å²) >= 11 is 0. The number of hydrogen-bond acceptors (Lipinski definition) is 3. The minimum atomic E-state index is -0.125. The highest BCUT2D eigenvalue weighted by Crippen LogP contribution is 2.40. The number of imide groups is 1. The summed E-state index contributed by atoms with van der Waals surface area (Å²) in [5, 5.41) is 9.25. The van der Waals surface area contributed by atoms with Crippen LogP contribution in [0.15, 0.2) is 24.3 Å². The van der Waals surface area contributed by atoms with Crippen molar-refractivity contribution in [3.63, 3.8) is 0 Å². The zero-order chi connectivity index (χ0) is 12.7. The molecule has 0 unspecified atom stereocenters. The van der Waals surface area contributed by atoms with Crippen molar-refractivity contribution in [2.45, 2.75) is 25.7 Å². The minimum absolute atomic E-state index is 0.0737. The van der Waals surface area contributed by atoms with E-state index in [1.807, 2.05) is 0 Å². The molecular formula is C14H15NO3. The van der Waals surface area contributed by atoms with Gasteiger partial charge in [0, 0.05) is 0 Å². The van der Waals surface area contributed by atoms with Crippen LogP contribution < -0.4 is 4.90 Å². The Kier molecular flexibility index (Phi) is 2.58. The SMILES string of the molecule is O=C1[C@@H]2CCCC[C@H]2C(=O)N1c1ccc(O)cc1. The number of aromatic hydroxyl groups is 1. The molecule has 0 aromatic heterocycles. The Bertz CT molecular complexity index is 470. The number of hydrogen-bond donors (Lipinski definition) is 1. The molecule has 1 saturated heterocycles. The molecule has 3 rings (SSSR count). The Hall–Kier alpha value is -1.84. The first kappa shape index (κ1) is 11.3. The van der Waals surface area contributed by atoms with Crippen LogP contribution in [0.4, 0.5) is 5.69 Å². The zero-order valence-corrected chi connectivity index (χ0v) is 10.0. The fraction of sp³-hybridized carbons (Fsp3) is 0.429. The van der Waals surface area contributed by atoms with E-state index in [2.05, 4.69) is 0 Å². The molecule has 1 saturated carbocycles. The number of anilines is 1. The van der Waals surface area contributed by atoms with Crippen LogP contribution in [-0.2, 0) is 9.59 Å². The molecule has 1 aliphatic carbocycles. The number of benzene rings is 1. The van der Waals surface area contributed by atoms with Gasteiger partial charge in [-0.25, -0.2) is 0 Å². The third kappa shape index (κ3) is 1.60. The predicted octanol–water partition coefficient (Wildman–Crippen LogP) is 2.07. The largest absolute Gasteiger partial charge is 0.508 e. The molecule has 0 spiro atoms. The number of nitrogens with zero attached hydrogens (tertiary/aromatic N) is 1. The number of rotatable bonds is 1. The summed E-state index contributed by atoms with van der Waals surface area (Å²) in [7, 11) is 0. The molecule has 1 aromatic carbocycles. The Morgan fingerprint density at radius 1 is 0.944 bits per heavy atom. The average Bonchev–Trinajstić information content (AvgIpc) is 2.64. The van der Waals surface area contributed by atoms with Crippen molar-refractivity contribution < 1.29 is 14.7 Å². The summed E-state index contributed by atoms with van der Waals surface area (Å²) in [4.78, 5) is 25.8. The topological polar surface area (TPSA) is 57.6 Å². The minimum Gasteiger partial charge on any atom is -0.508 e. The molecule has 4 heteroatoms. The second-order valence-electron chi connectivity index (χ2n) is 5.03. The van der Waals surface area contributed by atoms with Crippen molar-refractivity contribution in [3.05, 3.63) is 24.3 Å². The van der Waals surface area contributed by atoms with Crippen LogP contribution in [0.5, 0.6) is 5.75 Å². The van der Waals surface area contributed by atoms with E-state index in [0.717, 1.165) is 25.7 Å². The third-order valence-electron chi connectivity index (χ3n) is 3.95. The Labute approximate surface area is 105 Å². The number of phenols is 1. The lowest BCUT2D eigenvalue weighted by Crippen LogP contribution is -2.30. The molecule has 2 aliphatic rings. The van der Waals surface area contributed by atoms with Crippen LogP contribution in [0.3, 0.4) is 0 Å². The Morgan fingerprint density at radius 3 is 1.94 bits per heavy atom. The van der Waals surface area contributed by atoms with Gasteiger partial charge in [0.05, 0.1) is 17.5 Å². The monoisotopic (exact) mass is 245 g/mol. The van der Waals surface area contributed by atoms with Crippen molar-refractivity contribution in [1.29, 1.82) is 0 Å². The summed E-state index contributed by atoms with van der Waals surface area (Å²) in [6.07, 6.45) is 3.71. The third-order valence-corrected chi connectivity index (χ3v) is 3.95. The van der Waals surface area contributed by atoms with Gasteiger partial charge in [0.25, 0.3) is 0 Å². The van der Waals surface area contributed by atoms with Crippen LogP contribution in [0.2, 0.25) is 0 Å². The van der Waals surface area contributed by atoms with E-state index in [4.69, 9.17) is 0 Å². The van der Waals surface area contributed by atoms with Gasteiger partial charge in [0.2, 0.25) is 11.8 Å². The maximum absolute atomic E-state index is 12.3. The molecule has 0 bridgehead atoms. The van der Waals surface area contributed by atoms with E-state index in [9.17, 15) is 14.7 Å².